The van der Waals surface area contributed by atoms with Gasteiger partial charge < -0.3 is 9.64 Å². The highest BCUT2D eigenvalue weighted by Crippen LogP contribution is 2.51. The van der Waals surface area contributed by atoms with Crippen LogP contribution in [0.2, 0.25) is 0 Å². The van der Waals surface area contributed by atoms with E-state index in [4.69, 9.17) is 4.74 Å². The van der Waals surface area contributed by atoms with Crippen molar-refractivity contribution in [1.29, 1.82) is 0 Å². The SMILES string of the molecule is C[C@@]1(Cn2cncn2)S[C@@H]2CC(=O)N2[C@H]1C(=O)OCc1ccc([N+](=O)[O-])cc1. The number of rotatable bonds is 6. The van der Waals surface area contributed by atoms with E-state index in [2.05, 4.69) is 10.1 Å². The fraction of sp³-hybridized carbons (Fsp3) is 0.412. The van der Waals surface area contributed by atoms with E-state index in [1.165, 1.54) is 18.5 Å². The quantitative estimate of drug-likeness (QED) is 0.307. The molecule has 2 fully saturated rings. The van der Waals surface area contributed by atoms with Gasteiger partial charge in [-0.05, 0) is 24.6 Å². The van der Waals surface area contributed by atoms with Crippen molar-refractivity contribution in [3.63, 3.8) is 0 Å². The van der Waals surface area contributed by atoms with E-state index in [9.17, 15) is 19.7 Å². The molecular formula is C17H17N5O5S. The molecule has 0 bridgehead atoms. The number of β-lactam (4-membered cyclic amide) rings is 1. The highest BCUT2D eigenvalue weighted by molar-refractivity contribution is 8.01. The Bertz CT molecular complexity index is 919. The van der Waals surface area contributed by atoms with Crippen LogP contribution in [-0.4, -0.2) is 52.6 Å². The molecule has 3 atom stereocenters. The Morgan fingerprint density at radius 1 is 1.43 bits per heavy atom. The summed E-state index contributed by atoms with van der Waals surface area (Å²) in [7, 11) is 0. The zero-order valence-electron chi connectivity index (χ0n) is 14.9. The lowest BCUT2D eigenvalue weighted by molar-refractivity contribution is -0.384. The van der Waals surface area contributed by atoms with Crippen LogP contribution in [0.1, 0.15) is 18.9 Å². The number of nitro groups is 1. The van der Waals surface area contributed by atoms with Crippen molar-refractivity contribution in [3.8, 4) is 0 Å². The number of thioether (sulfide) groups is 1. The third-order valence-corrected chi connectivity index (χ3v) is 6.46. The van der Waals surface area contributed by atoms with Crippen molar-refractivity contribution in [2.75, 3.05) is 0 Å². The van der Waals surface area contributed by atoms with Gasteiger partial charge in [0, 0.05) is 12.1 Å². The molecule has 2 aliphatic rings. The van der Waals surface area contributed by atoms with Gasteiger partial charge in [-0.25, -0.2) is 9.78 Å². The van der Waals surface area contributed by atoms with Crippen LogP contribution in [0.5, 0.6) is 0 Å². The number of non-ortho nitro benzene ring substituents is 1. The molecule has 10 nitrogen and oxygen atoms in total. The standard InChI is InChI=1S/C17H17N5O5S/c1-17(8-20-10-18-9-19-20)15(21-13(23)6-14(21)28-17)16(24)27-7-11-2-4-12(5-3-11)22(25)26/h2-5,9-10,14-15H,6-8H2,1H3/t14-,15+,17+/m1/s1. The van der Waals surface area contributed by atoms with Crippen LogP contribution >= 0.6 is 11.8 Å². The summed E-state index contributed by atoms with van der Waals surface area (Å²) in [5.74, 6) is -0.568. The fourth-order valence-electron chi connectivity index (χ4n) is 3.55. The van der Waals surface area contributed by atoms with Gasteiger partial charge in [-0.3, -0.25) is 19.6 Å². The van der Waals surface area contributed by atoms with Crippen LogP contribution in [0, 0.1) is 10.1 Å². The number of benzene rings is 1. The topological polar surface area (TPSA) is 120 Å². The number of ether oxygens (including phenoxy) is 1. The largest absolute Gasteiger partial charge is 0.459 e. The molecule has 11 heteroatoms. The van der Waals surface area contributed by atoms with Gasteiger partial charge in [-0.15, -0.1) is 11.8 Å². The number of nitro benzene ring substituents is 1. The van der Waals surface area contributed by atoms with Gasteiger partial charge in [-0.2, -0.15) is 5.10 Å². The third-order valence-electron chi connectivity index (χ3n) is 4.90. The predicted molar refractivity (Wildman–Crippen MR) is 97.9 cm³/mol. The molecule has 0 aliphatic carbocycles. The second-order valence-electron chi connectivity index (χ2n) is 6.92. The van der Waals surface area contributed by atoms with Gasteiger partial charge >= 0.3 is 5.97 Å². The Balaban J connectivity index is 1.48. The highest BCUT2D eigenvalue weighted by Gasteiger charge is 2.61. The number of hydrogen-bond donors (Lipinski definition) is 0. The molecule has 1 amide bonds. The van der Waals surface area contributed by atoms with Crippen LogP contribution in [0.15, 0.2) is 36.9 Å². The van der Waals surface area contributed by atoms with E-state index in [-0.39, 0.29) is 23.6 Å². The third kappa shape index (κ3) is 3.21. The molecule has 4 rings (SSSR count). The Morgan fingerprint density at radius 2 is 2.18 bits per heavy atom. The van der Waals surface area contributed by atoms with Crippen molar-refractivity contribution < 1.29 is 19.2 Å². The van der Waals surface area contributed by atoms with Crippen LogP contribution in [0.4, 0.5) is 5.69 Å². The summed E-state index contributed by atoms with van der Waals surface area (Å²) in [4.78, 5) is 40.7. The van der Waals surface area contributed by atoms with Crippen molar-refractivity contribution in [3.05, 3.63) is 52.6 Å². The number of nitrogens with zero attached hydrogens (tertiary/aromatic N) is 5. The smallest absolute Gasteiger partial charge is 0.330 e. The first kappa shape index (κ1) is 18.4. The first-order valence-corrected chi connectivity index (χ1v) is 9.47. The molecule has 3 heterocycles. The number of carbonyl (C=O) groups excluding carboxylic acids is 2. The first-order valence-electron chi connectivity index (χ1n) is 8.59. The molecule has 0 radical (unpaired) electrons. The van der Waals surface area contributed by atoms with E-state index in [1.807, 2.05) is 6.92 Å². The summed E-state index contributed by atoms with van der Waals surface area (Å²) >= 11 is 1.57. The lowest BCUT2D eigenvalue weighted by atomic mass is 9.96. The van der Waals surface area contributed by atoms with Crippen LogP contribution in [-0.2, 0) is 27.5 Å². The van der Waals surface area contributed by atoms with Crippen molar-refractivity contribution in [2.45, 2.75) is 42.7 Å². The molecule has 1 aromatic carbocycles. The number of esters is 1. The maximum absolute atomic E-state index is 12.9. The van der Waals surface area contributed by atoms with Gasteiger partial charge in [0.2, 0.25) is 5.91 Å². The normalized spacial score (nSPS) is 25.9. The summed E-state index contributed by atoms with van der Waals surface area (Å²) < 4.78 is 6.51. The molecule has 1 aromatic heterocycles. The maximum atomic E-state index is 12.9. The molecule has 28 heavy (non-hydrogen) atoms. The summed E-state index contributed by atoms with van der Waals surface area (Å²) in [5.41, 5.74) is 0.603. The monoisotopic (exact) mass is 403 g/mol. The summed E-state index contributed by atoms with van der Waals surface area (Å²) in [6, 6.07) is 5.07. The molecule has 2 saturated heterocycles. The zero-order chi connectivity index (χ0) is 19.9. The van der Waals surface area contributed by atoms with Crippen molar-refractivity contribution in [1.82, 2.24) is 19.7 Å². The summed E-state index contributed by atoms with van der Waals surface area (Å²) in [6.07, 6.45) is 3.40. The molecule has 0 spiro atoms. The predicted octanol–water partition coefficient (Wildman–Crippen LogP) is 1.36. The van der Waals surface area contributed by atoms with E-state index >= 15 is 0 Å². The van der Waals surface area contributed by atoms with Gasteiger partial charge in [-0.1, -0.05) is 0 Å². The Morgan fingerprint density at radius 3 is 2.79 bits per heavy atom. The fourth-order valence-corrected chi connectivity index (χ4v) is 5.30. The number of aromatic nitrogens is 3. The first-order chi connectivity index (χ1) is 13.4. The van der Waals surface area contributed by atoms with Crippen molar-refractivity contribution in [2.24, 2.45) is 0 Å². The average molecular weight is 403 g/mol. The second kappa shape index (κ2) is 6.89. The summed E-state index contributed by atoms with van der Waals surface area (Å²) in [6.45, 7) is 2.31. The van der Waals surface area contributed by atoms with E-state index in [1.54, 1.807) is 39.8 Å². The molecule has 0 unspecified atom stereocenters. The van der Waals surface area contributed by atoms with Crippen LogP contribution < -0.4 is 0 Å². The lowest BCUT2D eigenvalue weighted by Gasteiger charge is -2.37. The van der Waals surface area contributed by atoms with Gasteiger partial charge in [0.05, 0.1) is 28.0 Å². The minimum Gasteiger partial charge on any atom is -0.459 e. The van der Waals surface area contributed by atoms with Gasteiger partial charge in [0.15, 0.2) is 0 Å². The second-order valence-corrected chi connectivity index (χ2v) is 8.63. The Labute approximate surface area is 164 Å². The van der Waals surface area contributed by atoms with Crippen molar-refractivity contribution >= 4 is 29.3 Å². The highest BCUT2D eigenvalue weighted by atomic mass is 32.2. The molecular weight excluding hydrogens is 386 g/mol. The molecule has 146 valence electrons. The Hall–Kier alpha value is -2.95. The van der Waals surface area contributed by atoms with Gasteiger partial charge in [0.25, 0.3) is 5.69 Å². The molecule has 0 N–H and O–H groups in total. The Kier molecular flexibility index (Phi) is 4.53. The number of hydrogen-bond acceptors (Lipinski definition) is 8. The average Bonchev–Trinajstić information content (AvgIpc) is 3.24. The van der Waals surface area contributed by atoms with Crippen LogP contribution in [0.25, 0.3) is 0 Å². The molecule has 0 saturated carbocycles. The maximum Gasteiger partial charge on any atom is 0.330 e. The minimum absolute atomic E-state index is 0.0237. The van der Waals surface area contributed by atoms with Gasteiger partial charge in [0.1, 0.15) is 25.3 Å². The lowest BCUT2D eigenvalue weighted by Crippen LogP contribution is -2.58. The number of carbonyl (C=O) groups is 2. The number of fused-ring (bicyclic) bond motifs is 1. The van der Waals surface area contributed by atoms with E-state index in [0.29, 0.717) is 18.5 Å². The molecule has 2 aliphatic heterocycles. The van der Waals surface area contributed by atoms with Crippen LogP contribution in [0.3, 0.4) is 0 Å². The minimum atomic E-state index is -0.731. The number of amides is 1. The van der Waals surface area contributed by atoms with E-state index in [0.717, 1.165) is 0 Å². The summed E-state index contributed by atoms with van der Waals surface area (Å²) in [5, 5.41) is 14.8. The molecule has 2 aromatic rings. The zero-order valence-corrected chi connectivity index (χ0v) is 15.7. The van der Waals surface area contributed by atoms with E-state index < -0.39 is 21.7 Å².